The molecule has 4 bridgehead atoms. The number of carbonyl (C=O) groups excluding carboxylic acids is 2. The summed E-state index contributed by atoms with van der Waals surface area (Å²) in [6.45, 7) is 9.15. The Morgan fingerprint density at radius 3 is 2.50 bits per heavy atom. The van der Waals surface area contributed by atoms with E-state index in [-0.39, 0.29) is 54.9 Å². The highest BCUT2D eigenvalue weighted by molar-refractivity contribution is 5.70. The van der Waals surface area contributed by atoms with Gasteiger partial charge in [-0.1, -0.05) is 43.7 Å². The second-order valence-corrected chi connectivity index (χ2v) is 12.5. The Kier molecular flexibility index (Phi) is 13.4. The highest BCUT2D eigenvalue weighted by Gasteiger charge is 2.32. The van der Waals surface area contributed by atoms with Gasteiger partial charge in [-0.25, -0.2) is 4.79 Å². The zero-order valence-electron chi connectivity index (χ0n) is 26.0. The minimum Gasteiger partial charge on any atom is -0.457 e. The minimum atomic E-state index is -0.344. The quantitative estimate of drug-likeness (QED) is 0.198. The highest BCUT2D eigenvalue weighted by Crippen LogP contribution is 2.33. The fourth-order valence-electron chi connectivity index (χ4n) is 6.42. The van der Waals surface area contributed by atoms with E-state index in [2.05, 4.69) is 45.1 Å². The van der Waals surface area contributed by atoms with Crippen LogP contribution in [0.4, 0.5) is 4.79 Å². The van der Waals surface area contributed by atoms with Crippen LogP contribution in [0.25, 0.3) is 0 Å². The summed E-state index contributed by atoms with van der Waals surface area (Å²) >= 11 is 0. The maximum absolute atomic E-state index is 13.2. The van der Waals surface area contributed by atoms with Gasteiger partial charge < -0.3 is 28.6 Å². The second kappa shape index (κ2) is 17.2. The predicted octanol–water partition coefficient (Wildman–Crippen LogP) is 6.54. The summed E-state index contributed by atoms with van der Waals surface area (Å²) in [5.41, 5.74) is 1.36. The smallest absolute Gasteiger partial charge is 0.409 e. The molecule has 4 heterocycles. The van der Waals surface area contributed by atoms with Gasteiger partial charge in [0, 0.05) is 25.4 Å². The van der Waals surface area contributed by atoms with Gasteiger partial charge in [0.05, 0.1) is 50.7 Å². The third kappa shape index (κ3) is 10.8. The summed E-state index contributed by atoms with van der Waals surface area (Å²) in [6.07, 6.45) is 20.3. The number of carbonyl (C=O) groups is 2. The third-order valence-electron chi connectivity index (χ3n) is 8.88. The minimum absolute atomic E-state index is 0.0428. The molecule has 0 aliphatic carbocycles. The number of cyclic esters (lactones) is 1. The molecule has 4 aliphatic heterocycles. The molecule has 0 aromatic rings. The SMILES string of the molecule is CC=C1CC2CC(=O)OC(C=CCCCCOC(=O)N3CCOCC3)C(C)C=CC(C)CC3CCCC(CC(C1)O2)O3. The molecule has 8 nitrogen and oxygen atoms in total. The standard InChI is InChI=1S/C34H53NO7/c1-4-27-21-30-23-29-11-9-10-28(40-29)20-25(2)13-14-26(3)32(42-33(36)24-31(22-27)41-30)12-7-5-6-8-17-39-34(37)35-15-18-38-19-16-35/h4,7,12-14,25-26,28-32H,5-6,8-11,15-24H2,1-3H3. The Balaban J connectivity index is 1.33. The van der Waals surface area contributed by atoms with E-state index >= 15 is 0 Å². The van der Waals surface area contributed by atoms with E-state index in [1.165, 1.54) is 12.0 Å². The number of fused-ring (bicyclic) bond motifs is 4. The monoisotopic (exact) mass is 587 g/mol. The average Bonchev–Trinajstić information content (AvgIpc) is 2.98. The molecule has 0 aromatic heterocycles. The van der Waals surface area contributed by atoms with Crippen LogP contribution in [0.5, 0.6) is 0 Å². The second-order valence-electron chi connectivity index (χ2n) is 12.5. The maximum atomic E-state index is 13.2. The maximum Gasteiger partial charge on any atom is 0.409 e. The van der Waals surface area contributed by atoms with Crippen LogP contribution in [0, 0.1) is 11.8 Å². The first kappa shape index (κ1) is 32.7. The molecule has 7 unspecified atom stereocenters. The van der Waals surface area contributed by atoms with E-state index in [1.54, 1.807) is 4.90 Å². The topological polar surface area (TPSA) is 83.5 Å². The number of nitrogens with zero attached hydrogens (tertiary/aromatic N) is 1. The van der Waals surface area contributed by atoms with E-state index in [0.29, 0.717) is 38.8 Å². The van der Waals surface area contributed by atoms with Crippen LogP contribution in [0.2, 0.25) is 0 Å². The first-order valence-corrected chi connectivity index (χ1v) is 16.4. The zero-order chi connectivity index (χ0) is 29.7. The van der Waals surface area contributed by atoms with Crippen LogP contribution in [-0.4, -0.2) is 80.4 Å². The van der Waals surface area contributed by atoms with E-state index in [1.807, 2.05) is 6.08 Å². The average molecular weight is 588 g/mol. The number of ether oxygens (including phenoxy) is 5. The lowest BCUT2D eigenvalue weighted by Gasteiger charge is -2.37. The summed E-state index contributed by atoms with van der Waals surface area (Å²) in [5, 5.41) is 0. The van der Waals surface area contributed by atoms with Crippen LogP contribution >= 0.6 is 0 Å². The summed E-state index contributed by atoms with van der Waals surface area (Å²) in [6, 6.07) is 0. The molecular weight excluding hydrogens is 534 g/mol. The number of amides is 1. The summed E-state index contributed by atoms with van der Waals surface area (Å²) in [4.78, 5) is 27.0. The first-order valence-electron chi connectivity index (χ1n) is 16.4. The lowest BCUT2D eigenvalue weighted by Crippen LogP contribution is -2.41. The third-order valence-corrected chi connectivity index (χ3v) is 8.88. The Morgan fingerprint density at radius 2 is 1.71 bits per heavy atom. The fraction of sp³-hybridized carbons (Fsp3) is 0.765. The van der Waals surface area contributed by atoms with E-state index < -0.39 is 0 Å². The number of unbranched alkanes of at least 4 members (excludes halogenated alkanes) is 2. The van der Waals surface area contributed by atoms with Crippen LogP contribution in [0.1, 0.15) is 91.4 Å². The molecule has 4 aliphatic rings. The van der Waals surface area contributed by atoms with Gasteiger partial charge in [0.1, 0.15) is 6.10 Å². The van der Waals surface area contributed by atoms with Crippen molar-refractivity contribution in [3.05, 3.63) is 36.0 Å². The zero-order valence-corrected chi connectivity index (χ0v) is 26.0. The largest absolute Gasteiger partial charge is 0.457 e. The van der Waals surface area contributed by atoms with Crippen molar-refractivity contribution in [1.29, 1.82) is 0 Å². The number of esters is 1. The number of rotatable bonds is 6. The molecule has 0 spiro atoms. The van der Waals surface area contributed by atoms with Crippen molar-refractivity contribution in [2.75, 3.05) is 32.9 Å². The Hall–Kier alpha value is -2.16. The van der Waals surface area contributed by atoms with Crippen molar-refractivity contribution < 1.29 is 33.3 Å². The van der Waals surface area contributed by atoms with Crippen LogP contribution in [0.15, 0.2) is 36.0 Å². The highest BCUT2D eigenvalue weighted by atomic mass is 16.6. The van der Waals surface area contributed by atoms with Gasteiger partial charge >= 0.3 is 12.1 Å². The van der Waals surface area contributed by atoms with Crippen molar-refractivity contribution in [3.8, 4) is 0 Å². The molecular formula is C34H53NO7. The van der Waals surface area contributed by atoms with E-state index in [0.717, 1.165) is 57.8 Å². The van der Waals surface area contributed by atoms with Gasteiger partial charge in [0.25, 0.3) is 0 Å². The fourth-order valence-corrected chi connectivity index (χ4v) is 6.42. The predicted molar refractivity (Wildman–Crippen MR) is 162 cm³/mol. The van der Waals surface area contributed by atoms with Crippen molar-refractivity contribution in [2.24, 2.45) is 11.8 Å². The Labute approximate surface area is 252 Å². The van der Waals surface area contributed by atoms with Crippen LogP contribution in [-0.2, 0) is 28.5 Å². The number of hydrogen-bond acceptors (Lipinski definition) is 7. The van der Waals surface area contributed by atoms with Crippen molar-refractivity contribution >= 4 is 12.1 Å². The number of morpholine rings is 1. The van der Waals surface area contributed by atoms with Crippen LogP contribution in [0.3, 0.4) is 0 Å². The van der Waals surface area contributed by atoms with Crippen molar-refractivity contribution in [3.63, 3.8) is 0 Å². The molecule has 0 aromatic carbocycles. The summed E-state index contributed by atoms with van der Waals surface area (Å²) in [5.74, 6) is 0.214. The Morgan fingerprint density at radius 1 is 0.976 bits per heavy atom. The van der Waals surface area contributed by atoms with Gasteiger partial charge in [-0.15, -0.1) is 0 Å². The molecule has 1 amide bonds. The molecule has 0 N–H and O–H groups in total. The normalized spacial score (nSPS) is 34.4. The van der Waals surface area contributed by atoms with Crippen molar-refractivity contribution in [1.82, 2.24) is 4.90 Å². The summed E-state index contributed by atoms with van der Waals surface area (Å²) in [7, 11) is 0. The molecule has 3 fully saturated rings. The number of allylic oxidation sites excluding steroid dienone is 3. The molecule has 7 atom stereocenters. The molecule has 236 valence electrons. The van der Waals surface area contributed by atoms with E-state index in [4.69, 9.17) is 23.7 Å². The number of hydrogen-bond donors (Lipinski definition) is 0. The van der Waals surface area contributed by atoms with Gasteiger partial charge in [-0.05, 0) is 76.7 Å². The van der Waals surface area contributed by atoms with Gasteiger partial charge in [-0.2, -0.15) is 0 Å². The molecule has 4 rings (SSSR count). The molecule has 0 saturated carbocycles. The van der Waals surface area contributed by atoms with E-state index in [9.17, 15) is 9.59 Å². The van der Waals surface area contributed by atoms with Crippen molar-refractivity contribution in [2.45, 2.75) is 122 Å². The molecule has 42 heavy (non-hydrogen) atoms. The molecule has 3 saturated heterocycles. The summed E-state index contributed by atoms with van der Waals surface area (Å²) < 4.78 is 29.8. The van der Waals surface area contributed by atoms with Gasteiger partial charge in [0.15, 0.2) is 0 Å². The lowest BCUT2D eigenvalue weighted by molar-refractivity contribution is -0.154. The molecule has 8 heteroatoms. The lowest BCUT2D eigenvalue weighted by atomic mass is 9.90. The van der Waals surface area contributed by atoms with Gasteiger partial charge in [-0.3, -0.25) is 4.79 Å². The Bertz CT molecular complexity index is 940. The first-order chi connectivity index (χ1) is 20.4. The molecule has 0 radical (unpaired) electrons. The van der Waals surface area contributed by atoms with Gasteiger partial charge in [0.2, 0.25) is 0 Å². The van der Waals surface area contributed by atoms with Crippen LogP contribution < -0.4 is 0 Å².